The Morgan fingerprint density at radius 3 is 2.18 bits per heavy atom. The Bertz CT molecular complexity index is 317. The molecule has 1 fully saturated rings. The van der Waals surface area contributed by atoms with Gasteiger partial charge in [0.2, 0.25) is 0 Å². The smallest absolute Gasteiger partial charge is 0.0248 e. The highest BCUT2D eigenvalue weighted by molar-refractivity contribution is 5.15. The van der Waals surface area contributed by atoms with E-state index in [4.69, 9.17) is 0 Å². The Kier molecular flexibility index (Phi) is 4.25. The summed E-state index contributed by atoms with van der Waals surface area (Å²) in [6.07, 6.45) is 9.89. The predicted molar refractivity (Wildman–Crippen MR) is 75.1 cm³/mol. The zero-order chi connectivity index (χ0) is 12.1. The topological polar surface area (TPSA) is 0 Å². The summed E-state index contributed by atoms with van der Waals surface area (Å²) in [5.41, 5.74) is 2.08. The van der Waals surface area contributed by atoms with Crippen LogP contribution in [0.25, 0.3) is 0 Å². The molecule has 1 aromatic carbocycles. The number of hydrogen-bond acceptors (Lipinski definition) is 0. The molecular weight excluding hydrogens is 204 g/mol. The quantitative estimate of drug-likeness (QED) is 0.624. The lowest BCUT2D eigenvalue weighted by Crippen LogP contribution is -2.26. The molecule has 1 saturated carbocycles. The molecule has 94 valence electrons. The van der Waals surface area contributed by atoms with Crippen molar-refractivity contribution in [3.63, 3.8) is 0 Å². The largest absolute Gasteiger partial charge is 0.0622 e. The average molecular weight is 230 g/mol. The summed E-state index contributed by atoms with van der Waals surface area (Å²) in [6.45, 7) is 4.98. The van der Waals surface area contributed by atoms with Crippen molar-refractivity contribution in [3.8, 4) is 0 Å². The minimum atomic E-state index is 0.576. The Morgan fingerprint density at radius 1 is 1.00 bits per heavy atom. The van der Waals surface area contributed by atoms with E-state index in [2.05, 4.69) is 44.2 Å². The zero-order valence-corrected chi connectivity index (χ0v) is 11.4. The van der Waals surface area contributed by atoms with Gasteiger partial charge in [-0.2, -0.15) is 0 Å². The van der Waals surface area contributed by atoms with Crippen molar-refractivity contribution in [2.24, 2.45) is 11.3 Å². The standard InChI is InChI=1S/C17H26/c1-15(14-16-10-6-5-7-11-16)17(2)12-8-3-4-9-13-17/h5-7,10-11,15H,3-4,8-9,12-14H2,1-2H3. The fourth-order valence-corrected chi connectivity index (χ4v) is 3.24. The van der Waals surface area contributed by atoms with Crippen molar-refractivity contribution in [1.82, 2.24) is 0 Å². The molecule has 0 radical (unpaired) electrons. The lowest BCUT2D eigenvalue weighted by atomic mass is 9.70. The SMILES string of the molecule is CC(Cc1ccccc1)C1(C)CCCCCC1. The molecule has 0 aromatic heterocycles. The van der Waals surface area contributed by atoms with Gasteiger partial charge in [0.1, 0.15) is 0 Å². The van der Waals surface area contributed by atoms with Gasteiger partial charge >= 0.3 is 0 Å². The molecule has 0 amide bonds. The zero-order valence-electron chi connectivity index (χ0n) is 11.4. The molecule has 1 atom stereocenters. The molecule has 0 N–H and O–H groups in total. The first-order valence-corrected chi connectivity index (χ1v) is 7.25. The fraction of sp³-hybridized carbons (Fsp3) is 0.647. The van der Waals surface area contributed by atoms with Gasteiger partial charge in [0, 0.05) is 0 Å². The average Bonchev–Trinajstić information content (AvgIpc) is 2.56. The third kappa shape index (κ3) is 3.34. The van der Waals surface area contributed by atoms with Crippen molar-refractivity contribution in [1.29, 1.82) is 0 Å². The third-order valence-corrected chi connectivity index (χ3v) is 4.82. The van der Waals surface area contributed by atoms with Gasteiger partial charge < -0.3 is 0 Å². The highest BCUT2D eigenvalue weighted by Crippen LogP contribution is 2.42. The molecule has 0 heteroatoms. The van der Waals surface area contributed by atoms with Gasteiger partial charge in [-0.3, -0.25) is 0 Å². The number of benzene rings is 1. The van der Waals surface area contributed by atoms with Crippen LogP contribution in [0.2, 0.25) is 0 Å². The van der Waals surface area contributed by atoms with Crippen LogP contribution in [0.5, 0.6) is 0 Å². The van der Waals surface area contributed by atoms with Crippen LogP contribution < -0.4 is 0 Å². The van der Waals surface area contributed by atoms with E-state index in [1.165, 1.54) is 50.5 Å². The van der Waals surface area contributed by atoms with Gasteiger partial charge in [0.25, 0.3) is 0 Å². The van der Waals surface area contributed by atoms with Gasteiger partial charge in [-0.25, -0.2) is 0 Å². The second-order valence-corrected chi connectivity index (χ2v) is 6.16. The second kappa shape index (κ2) is 5.71. The molecule has 1 aliphatic rings. The molecule has 0 bridgehead atoms. The molecular formula is C17H26. The summed E-state index contributed by atoms with van der Waals surface area (Å²) < 4.78 is 0. The summed E-state index contributed by atoms with van der Waals surface area (Å²) in [7, 11) is 0. The van der Waals surface area contributed by atoms with Crippen LogP contribution in [0.1, 0.15) is 57.9 Å². The van der Waals surface area contributed by atoms with E-state index in [1.807, 2.05) is 0 Å². The van der Waals surface area contributed by atoms with Gasteiger partial charge in [-0.1, -0.05) is 69.9 Å². The van der Waals surface area contributed by atoms with Crippen molar-refractivity contribution in [2.45, 2.75) is 58.8 Å². The Labute approximate surface area is 106 Å². The molecule has 2 rings (SSSR count). The van der Waals surface area contributed by atoms with E-state index in [9.17, 15) is 0 Å². The maximum Gasteiger partial charge on any atom is -0.0248 e. The van der Waals surface area contributed by atoms with Crippen LogP contribution in [0, 0.1) is 11.3 Å². The molecule has 0 saturated heterocycles. The maximum atomic E-state index is 2.52. The molecule has 0 spiro atoms. The van der Waals surface area contributed by atoms with Gasteiger partial charge in [0.05, 0.1) is 0 Å². The second-order valence-electron chi connectivity index (χ2n) is 6.16. The Hall–Kier alpha value is -0.780. The van der Waals surface area contributed by atoms with Crippen LogP contribution in [0.4, 0.5) is 0 Å². The molecule has 1 unspecified atom stereocenters. The molecule has 1 aliphatic carbocycles. The van der Waals surface area contributed by atoms with Crippen LogP contribution >= 0.6 is 0 Å². The van der Waals surface area contributed by atoms with E-state index < -0.39 is 0 Å². The number of hydrogen-bond donors (Lipinski definition) is 0. The van der Waals surface area contributed by atoms with E-state index in [0.29, 0.717) is 5.41 Å². The number of rotatable bonds is 3. The van der Waals surface area contributed by atoms with Gasteiger partial charge in [0.15, 0.2) is 0 Å². The van der Waals surface area contributed by atoms with Crippen LogP contribution in [-0.4, -0.2) is 0 Å². The normalized spacial score (nSPS) is 21.8. The predicted octanol–water partition coefficient (Wildman–Crippen LogP) is 5.23. The van der Waals surface area contributed by atoms with E-state index in [1.54, 1.807) is 0 Å². The minimum absolute atomic E-state index is 0.576. The van der Waals surface area contributed by atoms with Crippen molar-refractivity contribution >= 4 is 0 Å². The maximum absolute atomic E-state index is 2.52. The lowest BCUT2D eigenvalue weighted by molar-refractivity contribution is 0.169. The fourth-order valence-electron chi connectivity index (χ4n) is 3.24. The monoisotopic (exact) mass is 230 g/mol. The first-order valence-electron chi connectivity index (χ1n) is 7.25. The van der Waals surface area contributed by atoms with Crippen molar-refractivity contribution in [3.05, 3.63) is 35.9 Å². The summed E-state index contributed by atoms with van der Waals surface area (Å²) in [5.74, 6) is 0.808. The van der Waals surface area contributed by atoms with Crippen LogP contribution in [0.15, 0.2) is 30.3 Å². The summed E-state index contributed by atoms with van der Waals surface area (Å²) in [4.78, 5) is 0. The summed E-state index contributed by atoms with van der Waals surface area (Å²) in [6, 6.07) is 11.0. The third-order valence-electron chi connectivity index (χ3n) is 4.82. The minimum Gasteiger partial charge on any atom is -0.0622 e. The van der Waals surface area contributed by atoms with Crippen LogP contribution in [-0.2, 0) is 6.42 Å². The Balaban J connectivity index is 2.00. The highest BCUT2D eigenvalue weighted by Gasteiger charge is 2.31. The summed E-state index contributed by atoms with van der Waals surface area (Å²) in [5, 5.41) is 0. The highest BCUT2D eigenvalue weighted by atomic mass is 14.4. The first kappa shape index (κ1) is 12.7. The van der Waals surface area contributed by atoms with Crippen molar-refractivity contribution < 1.29 is 0 Å². The van der Waals surface area contributed by atoms with E-state index in [-0.39, 0.29) is 0 Å². The molecule has 0 heterocycles. The van der Waals surface area contributed by atoms with Crippen LogP contribution in [0.3, 0.4) is 0 Å². The van der Waals surface area contributed by atoms with Crippen molar-refractivity contribution in [2.75, 3.05) is 0 Å². The summed E-state index contributed by atoms with van der Waals surface area (Å²) >= 11 is 0. The first-order chi connectivity index (χ1) is 8.21. The molecule has 0 aliphatic heterocycles. The molecule has 17 heavy (non-hydrogen) atoms. The van der Waals surface area contributed by atoms with Gasteiger partial charge in [-0.15, -0.1) is 0 Å². The lowest BCUT2D eigenvalue weighted by Gasteiger charge is -2.35. The van der Waals surface area contributed by atoms with E-state index >= 15 is 0 Å². The Morgan fingerprint density at radius 2 is 1.59 bits per heavy atom. The van der Waals surface area contributed by atoms with Gasteiger partial charge in [-0.05, 0) is 36.2 Å². The van der Waals surface area contributed by atoms with E-state index in [0.717, 1.165) is 5.92 Å². The molecule has 1 aromatic rings. The molecule has 0 nitrogen and oxygen atoms in total.